The molecule has 8 heteroatoms. The number of aromatic nitrogens is 3. The predicted molar refractivity (Wildman–Crippen MR) is 120 cm³/mol. The second kappa shape index (κ2) is 8.31. The first-order valence-corrected chi connectivity index (χ1v) is 10.5. The van der Waals surface area contributed by atoms with Gasteiger partial charge in [0.2, 0.25) is 5.91 Å². The van der Waals surface area contributed by atoms with Crippen molar-refractivity contribution in [1.29, 1.82) is 0 Å². The van der Waals surface area contributed by atoms with Crippen molar-refractivity contribution in [2.75, 3.05) is 5.32 Å². The topological polar surface area (TPSA) is 68.9 Å². The number of carbonyl (C=O) groups excluding carboxylic acids is 1. The summed E-state index contributed by atoms with van der Waals surface area (Å²) in [5.41, 5.74) is 2.73. The molecule has 4 aromatic rings. The Labute approximate surface area is 182 Å². The fourth-order valence-electron chi connectivity index (χ4n) is 3.46. The Morgan fingerprint density at radius 1 is 1.10 bits per heavy atom. The Hall–Kier alpha value is -3.52. The second-order valence-electron chi connectivity index (χ2n) is 7.17. The van der Waals surface area contributed by atoms with Crippen molar-refractivity contribution >= 4 is 22.9 Å². The number of nitrogens with one attached hydrogen (secondary N) is 1. The molecule has 0 saturated carbocycles. The average Bonchev–Trinajstić information content (AvgIpc) is 3.21. The summed E-state index contributed by atoms with van der Waals surface area (Å²) in [5, 5.41) is 3.59. The van der Waals surface area contributed by atoms with Crippen LogP contribution in [0.3, 0.4) is 0 Å². The van der Waals surface area contributed by atoms with Crippen molar-refractivity contribution in [1.82, 2.24) is 14.3 Å². The molecule has 0 aliphatic rings. The third-order valence-electron chi connectivity index (χ3n) is 5.06. The molecule has 0 aliphatic heterocycles. The Morgan fingerprint density at radius 3 is 2.45 bits per heavy atom. The van der Waals surface area contributed by atoms with Gasteiger partial charge in [0.05, 0.1) is 28.5 Å². The van der Waals surface area contributed by atoms with Gasteiger partial charge in [-0.25, -0.2) is 14.1 Å². The minimum absolute atomic E-state index is 0.0668. The number of anilines is 1. The maximum Gasteiger partial charge on any atom is 0.295 e. The van der Waals surface area contributed by atoms with Gasteiger partial charge in [-0.2, -0.15) is 0 Å². The number of benzene rings is 2. The molecule has 0 unspecified atom stereocenters. The van der Waals surface area contributed by atoms with E-state index in [4.69, 9.17) is 0 Å². The molecule has 6 nitrogen and oxygen atoms in total. The molecule has 4 rings (SSSR count). The van der Waals surface area contributed by atoms with E-state index in [1.54, 1.807) is 30.8 Å². The van der Waals surface area contributed by atoms with Gasteiger partial charge in [0.25, 0.3) is 5.56 Å². The molecule has 2 heterocycles. The van der Waals surface area contributed by atoms with E-state index in [-0.39, 0.29) is 29.4 Å². The third-order valence-corrected chi connectivity index (χ3v) is 6.03. The van der Waals surface area contributed by atoms with Crippen molar-refractivity contribution < 1.29 is 9.18 Å². The van der Waals surface area contributed by atoms with Crippen LogP contribution in [0.4, 0.5) is 10.1 Å². The Bertz CT molecular complexity index is 1300. The number of aryl methyl sites for hydroxylation is 1. The molecule has 0 saturated heterocycles. The lowest BCUT2D eigenvalue weighted by molar-refractivity contribution is -0.115. The lowest BCUT2D eigenvalue weighted by Crippen LogP contribution is -2.23. The highest BCUT2D eigenvalue weighted by Crippen LogP contribution is 2.29. The van der Waals surface area contributed by atoms with Crippen LogP contribution >= 0.6 is 11.3 Å². The lowest BCUT2D eigenvalue weighted by Gasteiger charge is -2.07. The molecule has 0 atom stereocenters. The predicted octanol–water partition coefficient (Wildman–Crippen LogP) is 4.24. The van der Waals surface area contributed by atoms with Crippen LogP contribution in [0.25, 0.3) is 16.9 Å². The molecule has 1 N–H and O–H groups in total. The van der Waals surface area contributed by atoms with Crippen LogP contribution in [-0.4, -0.2) is 20.3 Å². The van der Waals surface area contributed by atoms with E-state index in [0.29, 0.717) is 11.4 Å². The standard InChI is InChI=1S/C23H21FN4O2S/c1-14-21(23(30)28(27(14)3)18-7-5-4-6-8-18)26-20(29)13-19-22(25-15(2)31-19)16-9-11-17(24)12-10-16/h4-12H,13H2,1-3H3,(H,26,29). The monoisotopic (exact) mass is 436 g/mol. The van der Waals surface area contributed by atoms with E-state index >= 15 is 0 Å². The van der Waals surface area contributed by atoms with Gasteiger partial charge in [-0.3, -0.25) is 14.3 Å². The average molecular weight is 437 g/mol. The lowest BCUT2D eigenvalue weighted by atomic mass is 10.1. The van der Waals surface area contributed by atoms with Crippen molar-refractivity contribution in [3.8, 4) is 16.9 Å². The largest absolute Gasteiger partial charge is 0.320 e. The maximum atomic E-state index is 13.3. The van der Waals surface area contributed by atoms with E-state index in [1.807, 2.05) is 37.3 Å². The number of para-hydroxylation sites is 1. The zero-order valence-corrected chi connectivity index (χ0v) is 18.2. The van der Waals surface area contributed by atoms with Gasteiger partial charge in [-0.05, 0) is 50.2 Å². The first-order valence-electron chi connectivity index (χ1n) is 9.71. The van der Waals surface area contributed by atoms with Gasteiger partial charge in [-0.1, -0.05) is 18.2 Å². The van der Waals surface area contributed by atoms with Crippen molar-refractivity contribution in [2.45, 2.75) is 20.3 Å². The molecule has 2 aromatic carbocycles. The Balaban J connectivity index is 1.61. The van der Waals surface area contributed by atoms with E-state index < -0.39 is 0 Å². The van der Waals surface area contributed by atoms with Gasteiger partial charge in [0.15, 0.2) is 0 Å². The summed E-state index contributed by atoms with van der Waals surface area (Å²) in [6.45, 7) is 3.65. The molecule has 31 heavy (non-hydrogen) atoms. The van der Waals surface area contributed by atoms with Crippen LogP contribution in [0, 0.1) is 19.7 Å². The number of hydrogen-bond donors (Lipinski definition) is 1. The number of rotatable bonds is 5. The van der Waals surface area contributed by atoms with Crippen LogP contribution in [0.15, 0.2) is 59.4 Å². The van der Waals surface area contributed by atoms with Crippen molar-refractivity contribution in [3.05, 3.63) is 86.3 Å². The molecule has 0 radical (unpaired) electrons. The highest BCUT2D eigenvalue weighted by molar-refractivity contribution is 7.12. The summed E-state index contributed by atoms with van der Waals surface area (Å²) in [5.74, 6) is -0.637. The molecule has 1 amide bonds. The molecule has 0 aliphatic carbocycles. The van der Waals surface area contributed by atoms with E-state index in [9.17, 15) is 14.0 Å². The van der Waals surface area contributed by atoms with E-state index in [2.05, 4.69) is 10.3 Å². The zero-order valence-electron chi connectivity index (χ0n) is 17.3. The fourth-order valence-corrected chi connectivity index (χ4v) is 4.42. The molecular weight excluding hydrogens is 415 g/mol. The molecule has 0 fully saturated rings. The Morgan fingerprint density at radius 2 is 1.77 bits per heavy atom. The molecule has 0 bridgehead atoms. The minimum Gasteiger partial charge on any atom is -0.320 e. The normalized spacial score (nSPS) is 11.0. The summed E-state index contributed by atoms with van der Waals surface area (Å²) in [4.78, 5) is 31.1. The van der Waals surface area contributed by atoms with E-state index in [1.165, 1.54) is 28.2 Å². The smallest absolute Gasteiger partial charge is 0.295 e. The van der Waals surface area contributed by atoms with Gasteiger partial charge in [0, 0.05) is 17.5 Å². The van der Waals surface area contributed by atoms with Crippen LogP contribution in [-0.2, 0) is 18.3 Å². The summed E-state index contributed by atoms with van der Waals surface area (Å²) in [6.07, 6.45) is 0.0668. The molecular formula is C23H21FN4O2S. The maximum absolute atomic E-state index is 13.3. The number of carbonyl (C=O) groups is 1. The zero-order chi connectivity index (χ0) is 22.1. The van der Waals surface area contributed by atoms with Crippen molar-refractivity contribution in [3.63, 3.8) is 0 Å². The minimum atomic E-state index is -0.329. The first-order chi connectivity index (χ1) is 14.8. The van der Waals surface area contributed by atoms with Gasteiger partial charge in [0.1, 0.15) is 11.5 Å². The number of thiazole rings is 1. The number of hydrogen-bond acceptors (Lipinski definition) is 4. The Kier molecular flexibility index (Phi) is 5.56. The number of halogens is 1. The third kappa shape index (κ3) is 4.06. The highest BCUT2D eigenvalue weighted by Gasteiger charge is 2.20. The first kappa shape index (κ1) is 20.7. The van der Waals surface area contributed by atoms with Gasteiger partial charge < -0.3 is 5.32 Å². The van der Waals surface area contributed by atoms with Crippen LogP contribution < -0.4 is 10.9 Å². The van der Waals surface area contributed by atoms with Crippen molar-refractivity contribution in [2.24, 2.45) is 7.05 Å². The van der Waals surface area contributed by atoms with Crippen LogP contribution in [0.5, 0.6) is 0 Å². The molecule has 0 spiro atoms. The highest BCUT2D eigenvalue weighted by atomic mass is 32.1. The number of amides is 1. The summed E-state index contributed by atoms with van der Waals surface area (Å²) in [7, 11) is 1.78. The molecule has 2 aromatic heterocycles. The quantitative estimate of drug-likeness (QED) is 0.509. The summed E-state index contributed by atoms with van der Waals surface area (Å²) in [6, 6.07) is 15.3. The summed E-state index contributed by atoms with van der Waals surface area (Å²) < 4.78 is 16.5. The van der Waals surface area contributed by atoms with Gasteiger partial charge in [-0.15, -0.1) is 11.3 Å². The molecule has 158 valence electrons. The fraction of sp³-hybridized carbons (Fsp3) is 0.174. The number of nitrogens with zero attached hydrogens (tertiary/aromatic N) is 3. The van der Waals surface area contributed by atoms with Gasteiger partial charge >= 0.3 is 0 Å². The van der Waals surface area contributed by atoms with E-state index in [0.717, 1.165) is 21.1 Å². The van der Waals surface area contributed by atoms with Crippen LogP contribution in [0.1, 0.15) is 15.6 Å². The van der Waals surface area contributed by atoms with Crippen LogP contribution in [0.2, 0.25) is 0 Å². The summed E-state index contributed by atoms with van der Waals surface area (Å²) >= 11 is 1.41. The second-order valence-corrected chi connectivity index (χ2v) is 8.46. The SMILES string of the molecule is Cc1nc(-c2ccc(F)cc2)c(CC(=O)Nc2c(C)n(C)n(-c3ccccc3)c2=O)s1.